The van der Waals surface area contributed by atoms with Crippen LogP contribution in [0.15, 0.2) is 42.9 Å². The van der Waals surface area contributed by atoms with E-state index in [2.05, 4.69) is 15.3 Å². The molecule has 0 saturated carbocycles. The summed E-state index contributed by atoms with van der Waals surface area (Å²) in [4.78, 5) is 7.93. The van der Waals surface area contributed by atoms with Crippen molar-refractivity contribution in [3.63, 3.8) is 0 Å². The molecule has 0 aliphatic heterocycles. The molecule has 1 N–H and O–H groups in total. The largest absolute Gasteiger partial charge is 0.353 e. The Kier molecular flexibility index (Phi) is 2.56. The zero-order valence-electron chi connectivity index (χ0n) is 7.88. The van der Waals surface area contributed by atoms with Crippen molar-refractivity contribution < 1.29 is 0 Å². The van der Waals surface area contributed by atoms with Crippen molar-refractivity contribution in [2.75, 3.05) is 5.32 Å². The molecule has 0 spiro atoms. The number of hydrogen-bond acceptors (Lipinski definition) is 4. The smallest absolute Gasteiger partial charge is 0.140 e. The lowest BCUT2D eigenvalue weighted by atomic mass is 10.3. The Bertz CT molecular complexity index is 470. The number of nitrogens with zero attached hydrogens (tertiary/aromatic N) is 3. The Morgan fingerprint density at radius 1 is 1.13 bits per heavy atom. The van der Waals surface area contributed by atoms with Crippen molar-refractivity contribution >= 4 is 11.4 Å². The van der Waals surface area contributed by atoms with Crippen molar-refractivity contribution in [1.29, 1.82) is 5.26 Å². The topological polar surface area (TPSA) is 61.6 Å². The van der Waals surface area contributed by atoms with E-state index in [1.54, 1.807) is 30.7 Å². The van der Waals surface area contributed by atoms with E-state index >= 15 is 0 Å². The van der Waals surface area contributed by atoms with Crippen molar-refractivity contribution in [3.8, 4) is 6.07 Å². The highest BCUT2D eigenvalue weighted by Gasteiger charge is 1.95. The maximum atomic E-state index is 8.58. The van der Waals surface area contributed by atoms with Gasteiger partial charge in [-0.1, -0.05) is 0 Å². The molecule has 0 aromatic carbocycles. The molecule has 2 rings (SSSR count). The number of nitriles is 1. The molecule has 72 valence electrons. The SMILES string of the molecule is N#Cc1ccc(Nc2cccnc2)cn1. The normalized spacial score (nSPS) is 9.27. The summed E-state index contributed by atoms with van der Waals surface area (Å²) in [6.45, 7) is 0. The van der Waals surface area contributed by atoms with Gasteiger partial charge in [-0.2, -0.15) is 5.26 Å². The van der Waals surface area contributed by atoms with Crippen LogP contribution in [0.5, 0.6) is 0 Å². The van der Waals surface area contributed by atoms with E-state index in [0.29, 0.717) is 5.69 Å². The van der Waals surface area contributed by atoms with E-state index in [-0.39, 0.29) is 0 Å². The molecule has 0 unspecified atom stereocenters. The van der Waals surface area contributed by atoms with Gasteiger partial charge in [0.15, 0.2) is 0 Å². The number of rotatable bonds is 2. The number of hydrogen-bond donors (Lipinski definition) is 1. The van der Waals surface area contributed by atoms with Gasteiger partial charge in [-0.05, 0) is 24.3 Å². The van der Waals surface area contributed by atoms with Crippen LogP contribution in [-0.4, -0.2) is 9.97 Å². The fourth-order valence-electron chi connectivity index (χ4n) is 1.14. The minimum absolute atomic E-state index is 0.409. The highest BCUT2D eigenvalue weighted by atomic mass is 14.9. The van der Waals surface area contributed by atoms with Gasteiger partial charge in [0.25, 0.3) is 0 Å². The summed E-state index contributed by atoms with van der Waals surface area (Å²) in [7, 11) is 0. The molecule has 2 aromatic heterocycles. The first-order valence-electron chi connectivity index (χ1n) is 4.42. The Labute approximate surface area is 87.2 Å². The maximum absolute atomic E-state index is 8.58. The molecular weight excluding hydrogens is 188 g/mol. The molecule has 0 radical (unpaired) electrons. The molecule has 0 atom stereocenters. The zero-order chi connectivity index (χ0) is 10.5. The van der Waals surface area contributed by atoms with Gasteiger partial charge in [0.2, 0.25) is 0 Å². The predicted molar refractivity (Wildman–Crippen MR) is 56.5 cm³/mol. The van der Waals surface area contributed by atoms with Crippen LogP contribution in [0.2, 0.25) is 0 Å². The number of aromatic nitrogens is 2. The van der Waals surface area contributed by atoms with Gasteiger partial charge in [-0.3, -0.25) is 4.98 Å². The predicted octanol–water partition coefficient (Wildman–Crippen LogP) is 2.09. The Hall–Kier alpha value is -2.41. The third-order valence-corrected chi connectivity index (χ3v) is 1.83. The molecule has 4 nitrogen and oxygen atoms in total. The van der Waals surface area contributed by atoms with Crippen LogP contribution in [0.1, 0.15) is 5.69 Å². The van der Waals surface area contributed by atoms with Crippen LogP contribution in [-0.2, 0) is 0 Å². The highest BCUT2D eigenvalue weighted by Crippen LogP contribution is 2.13. The van der Waals surface area contributed by atoms with Gasteiger partial charge in [0.1, 0.15) is 11.8 Å². The van der Waals surface area contributed by atoms with Gasteiger partial charge in [-0.15, -0.1) is 0 Å². The molecule has 0 saturated heterocycles. The third-order valence-electron chi connectivity index (χ3n) is 1.83. The number of anilines is 2. The summed E-state index contributed by atoms with van der Waals surface area (Å²) in [6.07, 6.45) is 5.05. The molecule has 0 fully saturated rings. The molecule has 2 aromatic rings. The summed E-state index contributed by atoms with van der Waals surface area (Å²) < 4.78 is 0. The second-order valence-electron chi connectivity index (χ2n) is 2.91. The van der Waals surface area contributed by atoms with Crippen LogP contribution in [0, 0.1) is 11.3 Å². The molecule has 0 aliphatic rings. The zero-order valence-corrected chi connectivity index (χ0v) is 7.88. The van der Waals surface area contributed by atoms with Crippen LogP contribution in [0.4, 0.5) is 11.4 Å². The number of nitrogens with one attached hydrogen (secondary N) is 1. The van der Waals surface area contributed by atoms with E-state index in [1.165, 1.54) is 0 Å². The molecule has 4 heteroatoms. The van der Waals surface area contributed by atoms with Gasteiger partial charge in [0, 0.05) is 6.20 Å². The van der Waals surface area contributed by atoms with E-state index in [0.717, 1.165) is 11.4 Å². The second kappa shape index (κ2) is 4.20. The van der Waals surface area contributed by atoms with Gasteiger partial charge in [0.05, 0.1) is 23.8 Å². The molecule has 15 heavy (non-hydrogen) atoms. The first-order valence-corrected chi connectivity index (χ1v) is 4.42. The Morgan fingerprint density at radius 2 is 2.00 bits per heavy atom. The molecule has 0 aliphatic carbocycles. The van der Waals surface area contributed by atoms with Crippen LogP contribution < -0.4 is 5.32 Å². The Balaban J connectivity index is 2.16. The second-order valence-corrected chi connectivity index (χ2v) is 2.91. The summed E-state index contributed by atoms with van der Waals surface area (Å²) in [5, 5.41) is 11.7. The molecular formula is C11H8N4. The van der Waals surface area contributed by atoms with Gasteiger partial charge in [-0.25, -0.2) is 4.98 Å². The lowest BCUT2D eigenvalue weighted by Crippen LogP contribution is -1.92. The van der Waals surface area contributed by atoms with Crippen molar-refractivity contribution in [1.82, 2.24) is 9.97 Å². The van der Waals surface area contributed by atoms with Crippen molar-refractivity contribution in [2.45, 2.75) is 0 Å². The summed E-state index contributed by atoms with van der Waals surface area (Å²) >= 11 is 0. The van der Waals surface area contributed by atoms with Crippen molar-refractivity contribution in [2.24, 2.45) is 0 Å². The number of pyridine rings is 2. The highest BCUT2D eigenvalue weighted by molar-refractivity contribution is 5.57. The molecule has 0 amide bonds. The van der Waals surface area contributed by atoms with Crippen molar-refractivity contribution in [3.05, 3.63) is 48.5 Å². The maximum Gasteiger partial charge on any atom is 0.140 e. The molecule has 0 bridgehead atoms. The minimum Gasteiger partial charge on any atom is -0.353 e. The van der Waals surface area contributed by atoms with E-state index in [1.807, 2.05) is 18.2 Å². The Morgan fingerprint density at radius 3 is 2.60 bits per heavy atom. The summed E-state index contributed by atoms with van der Waals surface area (Å²) in [5.41, 5.74) is 2.14. The fraction of sp³-hybridized carbons (Fsp3) is 0. The minimum atomic E-state index is 0.409. The van der Waals surface area contributed by atoms with Crippen LogP contribution in [0.3, 0.4) is 0 Å². The van der Waals surface area contributed by atoms with E-state index in [9.17, 15) is 0 Å². The standard InChI is InChI=1S/C11H8N4/c12-6-9-3-4-11(8-14-9)15-10-2-1-5-13-7-10/h1-5,7-8,15H. The third kappa shape index (κ3) is 2.29. The average molecular weight is 196 g/mol. The average Bonchev–Trinajstić information content (AvgIpc) is 2.31. The van der Waals surface area contributed by atoms with Crippen LogP contribution >= 0.6 is 0 Å². The van der Waals surface area contributed by atoms with E-state index in [4.69, 9.17) is 5.26 Å². The van der Waals surface area contributed by atoms with Gasteiger partial charge < -0.3 is 5.32 Å². The lowest BCUT2D eigenvalue weighted by Gasteiger charge is -2.04. The summed E-state index contributed by atoms with van der Waals surface area (Å²) in [5.74, 6) is 0. The molecule has 2 heterocycles. The van der Waals surface area contributed by atoms with Gasteiger partial charge >= 0.3 is 0 Å². The lowest BCUT2D eigenvalue weighted by molar-refractivity contribution is 1.25. The quantitative estimate of drug-likeness (QED) is 0.798. The summed E-state index contributed by atoms with van der Waals surface area (Å²) in [6, 6.07) is 9.19. The first kappa shape index (κ1) is 9.16. The van der Waals surface area contributed by atoms with Crippen LogP contribution in [0.25, 0.3) is 0 Å². The fourth-order valence-corrected chi connectivity index (χ4v) is 1.14. The monoisotopic (exact) mass is 196 g/mol. The first-order chi connectivity index (χ1) is 7.38. The van der Waals surface area contributed by atoms with E-state index < -0.39 is 0 Å².